The van der Waals surface area contributed by atoms with Crippen molar-refractivity contribution < 1.29 is 13.6 Å². The van der Waals surface area contributed by atoms with Crippen molar-refractivity contribution >= 4 is 23.1 Å². The number of rotatable bonds is 5. The van der Waals surface area contributed by atoms with E-state index in [1.807, 2.05) is 35.8 Å². The maximum atomic E-state index is 13.1. The third kappa shape index (κ3) is 4.25. The molecule has 0 aliphatic carbocycles. The highest BCUT2D eigenvalue weighted by molar-refractivity contribution is 7.07. The molecule has 0 radical (unpaired) electrons. The van der Waals surface area contributed by atoms with Crippen LogP contribution in [0.25, 0.3) is 0 Å². The van der Waals surface area contributed by atoms with Crippen LogP contribution in [0, 0.1) is 11.6 Å². The molecule has 4 nitrogen and oxygen atoms in total. The van der Waals surface area contributed by atoms with Gasteiger partial charge in [0.15, 0.2) is 11.6 Å². The molecule has 0 bridgehead atoms. The van der Waals surface area contributed by atoms with Gasteiger partial charge in [0.1, 0.15) is 0 Å². The second-order valence-electron chi connectivity index (χ2n) is 5.00. The fraction of sp³-hybridized carbons (Fsp3) is 0.267. The Labute approximate surface area is 131 Å². The fourth-order valence-electron chi connectivity index (χ4n) is 2.00. The number of hydrogen-bond acceptors (Lipinski definition) is 3. The van der Waals surface area contributed by atoms with E-state index in [1.165, 1.54) is 6.07 Å². The van der Waals surface area contributed by atoms with Crippen molar-refractivity contribution in [3.05, 3.63) is 52.2 Å². The quantitative estimate of drug-likeness (QED) is 0.884. The number of benzene rings is 1. The number of likely N-dealkylation sites (N-methyl/N-ethyl adjacent to an activating group) is 1. The zero-order valence-corrected chi connectivity index (χ0v) is 13.1. The summed E-state index contributed by atoms with van der Waals surface area (Å²) in [6.07, 6.45) is 0. The average Bonchev–Trinajstić information content (AvgIpc) is 2.97. The number of carbonyl (C=O) groups is 1. The van der Waals surface area contributed by atoms with Crippen LogP contribution < -0.4 is 10.6 Å². The summed E-state index contributed by atoms with van der Waals surface area (Å²) in [5.41, 5.74) is 1.32. The second-order valence-corrected chi connectivity index (χ2v) is 5.78. The molecule has 2 aromatic rings. The Morgan fingerprint density at radius 3 is 2.64 bits per heavy atom. The lowest BCUT2D eigenvalue weighted by Crippen LogP contribution is -2.36. The van der Waals surface area contributed by atoms with Gasteiger partial charge in [-0.3, -0.25) is 0 Å². The second kappa shape index (κ2) is 7.33. The number of thiophene rings is 1. The number of nitrogens with zero attached hydrogens (tertiary/aromatic N) is 1. The van der Waals surface area contributed by atoms with E-state index < -0.39 is 17.7 Å². The molecular weight excluding hydrogens is 308 g/mol. The molecule has 118 valence electrons. The van der Waals surface area contributed by atoms with E-state index in [-0.39, 0.29) is 11.7 Å². The molecule has 0 spiro atoms. The Bertz CT molecular complexity index is 632. The molecule has 0 saturated carbocycles. The summed E-state index contributed by atoms with van der Waals surface area (Å²) >= 11 is 1.59. The summed E-state index contributed by atoms with van der Waals surface area (Å²) in [5.74, 6) is -1.95. The summed E-state index contributed by atoms with van der Waals surface area (Å²) in [4.78, 5) is 13.9. The molecule has 2 amide bonds. The summed E-state index contributed by atoms with van der Waals surface area (Å²) < 4.78 is 25.9. The van der Waals surface area contributed by atoms with E-state index in [0.29, 0.717) is 6.54 Å². The van der Waals surface area contributed by atoms with Crippen molar-refractivity contribution in [2.45, 2.75) is 6.04 Å². The van der Waals surface area contributed by atoms with Crippen LogP contribution in [0.4, 0.5) is 19.3 Å². The summed E-state index contributed by atoms with van der Waals surface area (Å²) in [7, 11) is 3.86. The van der Waals surface area contributed by atoms with Crippen LogP contribution in [-0.2, 0) is 0 Å². The molecule has 0 fully saturated rings. The van der Waals surface area contributed by atoms with E-state index in [4.69, 9.17) is 0 Å². The number of urea groups is 1. The zero-order chi connectivity index (χ0) is 16.1. The highest BCUT2D eigenvalue weighted by Crippen LogP contribution is 2.20. The van der Waals surface area contributed by atoms with E-state index in [0.717, 1.165) is 17.7 Å². The van der Waals surface area contributed by atoms with Crippen molar-refractivity contribution in [3.63, 3.8) is 0 Å². The molecule has 2 N–H and O–H groups in total. The maximum Gasteiger partial charge on any atom is 0.319 e. The van der Waals surface area contributed by atoms with Crippen molar-refractivity contribution in [3.8, 4) is 0 Å². The summed E-state index contributed by atoms with van der Waals surface area (Å²) in [5, 5.41) is 9.22. The number of halogens is 2. The Hall–Kier alpha value is -1.99. The molecule has 0 aliphatic rings. The molecule has 0 aliphatic heterocycles. The molecular formula is C15H17F2N3OS. The van der Waals surface area contributed by atoms with Gasteiger partial charge in [-0.05, 0) is 48.6 Å². The minimum atomic E-state index is -0.998. The van der Waals surface area contributed by atoms with Gasteiger partial charge in [0, 0.05) is 18.3 Å². The predicted molar refractivity (Wildman–Crippen MR) is 84.1 cm³/mol. The first-order valence-electron chi connectivity index (χ1n) is 6.66. The van der Waals surface area contributed by atoms with Crippen LogP contribution in [0.15, 0.2) is 35.0 Å². The molecule has 1 atom stereocenters. The minimum Gasteiger partial charge on any atom is -0.336 e. The number of amides is 2. The van der Waals surface area contributed by atoms with Gasteiger partial charge >= 0.3 is 6.03 Å². The van der Waals surface area contributed by atoms with E-state index in [2.05, 4.69) is 10.6 Å². The molecule has 0 unspecified atom stereocenters. The van der Waals surface area contributed by atoms with Crippen molar-refractivity contribution in [1.82, 2.24) is 10.2 Å². The number of anilines is 1. The van der Waals surface area contributed by atoms with Gasteiger partial charge in [-0.15, -0.1) is 0 Å². The van der Waals surface area contributed by atoms with Crippen molar-refractivity contribution in [1.29, 1.82) is 0 Å². The number of nitrogens with one attached hydrogen (secondary N) is 2. The van der Waals surface area contributed by atoms with Crippen LogP contribution >= 0.6 is 11.3 Å². The Morgan fingerprint density at radius 2 is 2.05 bits per heavy atom. The molecule has 22 heavy (non-hydrogen) atoms. The van der Waals surface area contributed by atoms with E-state index in [1.54, 1.807) is 11.3 Å². The van der Waals surface area contributed by atoms with Gasteiger partial charge in [-0.2, -0.15) is 11.3 Å². The number of carbonyl (C=O) groups excluding carboxylic acids is 1. The average molecular weight is 325 g/mol. The molecule has 1 aromatic carbocycles. The monoisotopic (exact) mass is 325 g/mol. The Kier molecular flexibility index (Phi) is 5.46. The van der Waals surface area contributed by atoms with Gasteiger partial charge in [0.2, 0.25) is 0 Å². The fourth-order valence-corrected chi connectivity index (χ4v) is 2.71. The third-order valence-electron chi connectivity index (χ3n) is 3.18. The first kappa shape index (κ1) is 16.4. The lowest BCUT2D eigenvalue weighted by atomic mass is 10.1. The maximum absolute atomic E-state index is 13.1. The predicted octanol–water partition coefficient (Wildman–Crippen LogP) is 3.45. The molecule has 2 rings (SSSR count). The molecule has 0 saturated heterocycles. The third-order valence-corrected chi connectivity index (χ3v) is 3.89. The Morgan fingerprint density at radius 1 is 1.27 bits per heavy atom. The Balaban J connectivity index is 1.92. The van der Waals surface area contributed by atoms with Crippen LogP contribution in [0.2, 0.25) is 0 Å². The summed E-state index contributed by atoms with van der Waals surface area (Å²) in [6, 6.07) is 4.80. The topological polar surface area (TPSA) is 44.4 Å². The molecule has 1 heterocycles. The summed E-state index contributed by atoms with van der Waals surface area (Å²) in [6.45, 7) is 0.402. The normalized spacial score (nSPS) is 12.2. The van der Waals surface area contributed by atoms with Crippen LogP contribution in [-0.4, -0.2) is 31.6 Å². The highest BCUT2D eigenvalue weighted by Gasteiger charge is 2.15. The van der Waals surface area contributed by atoms with Gasteiger partial charge < -0.3 is 15.5 Å². The largest absolute Gasteiger partial charge is 0.336 e. The number of hydrogen-bond donors (Lipinski definition) is 2. The van der Waals surface area contributed by atoms with E-state index in [9.17, 15) is 13.6 Å². The SMILES string of the molecule is CN(C)[C@@H](CNC(=O)Nc1ccc(F)c(F)c1)c1ccsc1. The van der Waals surface area contributed by atoms with Gasteiger partial charge in [0.25, 0.3) is 0 Å². The smallest absolute Gasteiger partial charge is 0.319 e. The van der Waals surface area contributed by atoms with E-state index >= 15 is 0 Å². The first-order valence-corrected chi connectivity index (χ1v) is 7.60. The standard InChI is InChI=1S/C15H17F2N3OS/c1-20(2)14(10-5-6-22-9-10)8-18-15(21)19-11-3-4-12(16)13(17)7-11/h3-7,9,14H,8H2,1-2H3,(H2,18,19,21)/t14-/m0/s1. The molecule has 1 aromatic heterocycles. The lowest BCUT2D eigenvalue weighted by molar-refractivity contribution is 0.243. The van der Waals surface area contributed by atoms with Crippen LogP contribution in [0.3, 0.4) is 0 Å². The first-order chi connectivity index (χ1) is 10.5. The molecule has 7 heteroatoms. The van der Waals surface area contributed by atoms with Crippen LogP contribution in [0.5, 0.6) is 0 Å². The van der Waals surface area contributed by atoms with Gasteiger partial charge in [0.05, 0.1) is 6.04 Å². The highest BCUT2D eigenvalue weighted by atomic mass is 32.1. The van der Waals surface area contributed by atoms with Crippen LogP contribution in [0.1, 0.15) is 11.6 Å². The van der Waals surface area contributed by atoms with Crippen molar-refractivity contribution in [2.75, 3.05) is 26.0 Å². The van der Waals surface area contributed by atoms with Crippen molar-refractivity contribution in [2.24, 2.45) is 0 Å². The lowest BCUT2D eigenvalue weighted by Gasteiger charge is -2.24. The minimum absolute atomic E-state index is 0.0435. The van der Waals surface area contributed by atoms with Gasteiger partial charge in [-0.1, -0.05) is 0 Å². The van der Waals surface area contributed by atoms with Gasteiger partial charge in [-0.25, -0.2) is 13.6 Å². The zero-order valence-electron chi connectivity index (χ0n) is 12.3.